The molecule has 0 radical (unpaired) electrons. The van der Waals surface area contributed by atoms with Crippen molar-refractivity contribution in [2.45, 2.75) is 44.4 Å². The molecule has 2 heterocycles. The van der Waals surface area contributed by atoms with Crippen molar-refractivity contribution in [3.8, 4) is 0 Å². The molecule has 0 bridgehead atoms. The average Bonchev–Trinajstić information content (AvgIpc) is 2.89. The van der Waals surface area contributed by atoms with Crippen molar-refractivity contribution in [2.75, 3.05) is 20.3 Å². The highest BCUT2D eigenvalue weighted by molar-refractivity contribution is 5.14. The summed E-state index contributed by atoms with van der Waals surface area (Å²) in [6, 6.07) is 1.94. The van der Waals surface area contributed by atoms with Crippen molar-refractivity contribution >= 4 is 0 Å². The van der Waals surface area contributed by atoms with Crippen molar-refractivity contribution in [1.29, 1.82) is 0 Å². The van der Waals surface area contributed by atoms with Gasteiger partial charge in [-0.2, -0.15) is 5.10 Å². The van der Waals surface area contributed by atoms with Crippen LogP contribution < -0.4 is 11.3 Å². The summed E-state index contributed by atoms with van der Waals surface area (Å²) in [4.78, 5) is 0. The zero-order valence-corrected chi connectivity index (χ0v) is 11.8. The van der Waals surface area contributed by atoms with Gasteiger partial charge in [0.2, 0.25) is 0 Å². The molecule has 2 rings (SSSR count). The molecule has 1 aromatic heterocycles. The van der Waals surface area contributed by atoms with E-state index in [2.05, 4.69) is 17.4 Å². The molecule has 1 aliphatic heterocycles. The van der Waals surface area contributed by atoms with Crippen LogP contribution in [0.2, 0.25) is 0 Å². The van der Waals surface area contributed by atoms with Gasteiger partial charge in [-0.3, -0.25) is 10.5 Å². The third kappa shape index (κ3) is 2.81. The van der Waals surface area contributed by atoms with Gasteiger partial charge in [0.25, 0.3) is 0 Å². The highest BCUT2D eigenvalue weighted by Crippen LogP contribution is 2.36. The van der Waals surface area contributed by atoms with Gasteiger partial charge in [0.15, 0.2) is 0 Å². The highest BCUT2D eigenvalue weighted by Gasteiger charge is 2.42. The van der Waals surface area contributed by atoms with Gasteiger partial charge in [0, 0.05) is 45.9 Å². The summed E-state index contributed by atoms with van der Waals surface area (Å²) in [5.74, 6) is 5.81. The van der Waals surface area contributed by atoms with Crippen molar-refractivity contribution in [1.82, 2.24) is 15.2 Å². The van der Waals surface area contributed by atoms with Crippen molar-refractivity contribution in [3.05, 3.63) is 18.0 Å². The van der Waals surface area contributed by atoms with Gasteiger partial charge in [-0.1, -0.05) is 6.92 Å². The molecule has 0 spiro atoms. The lowest BCUT2D eigenvalue weighted by molar-refractivity contribution is -0.113. The second-order valence-corrected chi connectivity index (χ2v) is 4.96. The van der Waals surface area contributed by atoms with Crippen LogP contribution >= 0.6 is 0 Å². The lowest BCUT2D eigenvalue weighted by atomic mass is 9.84. The first kappa shape index (κ1) is 14.5. The van der Waals surface area contributed by atoms with E-state index < -0.39 is 0 Å². The lowest BCUT2D eigenvalue weighted by Gasteiger charge is -2.41. The van der Waals surface area contributed by atoms with E-state index in [-0.39, 0.29) is 11.6 Å². The fourth-order valence-electron chi connectivity index (χ4n) is 2.82. The van der Waals surface area contributed by atoms with E-state index in [1.54, 1.807) is 7.11 Å². The molecule has 1 unspecified atom stereocenters. The molecule has 0 saturated carbocycles. The minimum Gasteiger partial charge on any atom is -0.381 e. The molecule has 6 nitrogen and oxygen atoms in total. The molecule has 3 N–H and O–H groups in total. The van der Waals surface area contributed by atoms with E-state index in [1.165, 1.54) is 0 Å². The Morgan fingerprint density at radius 2 is 2.32 bits per heavy atom. The molecule has 1 saturated heterocycles. The van der Waals surface area contributed by atoms with Crippen molar-refractivity contribution < 1.29 is 9.47 Å². The second kappa shape index (κ2) is 6.47. The quantitative estimate of drug-likeness (QED) is 0.594. The molecule has 19 heavy (non-hydrogen) atoms. The summed E-state index contributed by atoms with van der Waals surface area (Å²) in [6.45, 7) is 4.43. The molecule has 0 amide bonds. The summed E-state index contributed by atoms with van der Waals surface area (Å²) >= 11 is 0. The van der Waals surface area contributed by atoms with Crippen LogP contribution in [0.25, 0.3) is 0 Å². The number of hydrazine groups is 1. The smallest absolute Gasteiger partial charge is 0.0944 e. The van der Waals surface area contributed by atoms with Crippen LogP contribution in [0.4, 0.5) is 0 Å². The minimum absolute atomic E-state index is 0.0737. The summed E-state index contributed by atoms with van der Waals surface area (Å²) in [5.41, 5.74) is 3.68. The third-order valence-electron chi connectivity index (χ3n) is 3.92. The van der Waals surface area contributed by atoms with Crippen LogP contribution in [0.15, 0.2) is 12.3 Å². The van der Waals surface area contributed by atoms with Gasteiger partial charge in [-0.15, -0.1) is 0 Å². The topological polar surface area (TPSA) is 74.3 Å². The second-order valence-electron chi connectivity index (χ2n) is 4.96. The average molecular weight is 268 g/mol. The van der Waals surface area contributed by atoms with E-state index in [0.717, 1.165) is 31.5 Å². The molecule has 0 aromatic carbocycles. The number of nitrogens with two attached hydrogens (primary N) is 1. The molecular formula is C13H24N4O2. The van der Waals surface area contributed by atoms with Gasteiger partial charge in [-0.25, -0.2) is 5.43 Å². The van der Waals surface area contributed by atoms with Gasteiger partial charge >= 0.3 is 0 Å². The fraction of sp³-hybridized carbons (Fsp3) is 0.769. The first-order valence-electron chi connectivity index (χ1n) is 6.88. The number of methoxy groups -OCH3 is 1. The largest absolute Gasteiger partial charge is 0.381 e. The predicted molar refractivity (Wildman–Crippen MR) is 72.4 cm³/mol. The Hall–Kier alpha value is -0.950. The van der Waals surface area contributed by atoms with Gasteiger partial charge in [0.05, 0.1) is 17.3 Å². The maximum atomic E-state index is 5.83. The number of hydrogen-bond acceptors (Lipinski definition) is 5. The Morgan fingerprint density at radius 3 is 2.89 bits per heavy atom. The van der Waals surface area contributed by atoms with Gasteiger partial charge in [0.1, 0.15) is 0 Å². The van der Waals surface area contributed by atoms with Gasteiger partial charge < -0.3 is 9.47 Å². The Labute approximate surface area is 114 Å². The standard InChI is InChI=1S/C13H24N4O2/c1-3-8-17-11(4-7-15-17)12(16-14)13(18-2)5-9-19-10-6-13/h4,7,12,16H,3,5-6,8-10,14H2,1-2H3. The summed E-state index contributed by atoms with van der Waals surface area (Å²) in [6.07, 6.45) is 4.51. The number of nitrogens with one attached hydrogen (secondary N) is 1. The maximum Gasteiger partial charge on any atom is 0.0944 e. The van der Waals surface area contributed by atoms with Crippen LogP contribution in [0, 0.1) is 0 Å². The first-order valence-corrected chi connectivity index (χ1v) is 6.88. The monoisotopic (exact) mass is 268 g/mol. The summed E-state index contributed by atoms with van der Waals surface area (Å²) in [7, 11) is 1.75. The van der Waals surface area contributed by atoms with Crippen LogP contribution in [-0.2, 0) is 16.0 Å². The van der Waals surface area contributed by atoms with Crippen LogP contribution in [0.1, 0.15) is 37.9 Å². The number of rotatable bonds is 6. The van der Waals surface area contributed by atoms with Crippen LogP contribution in [0.5, 0.6) is 0 Å². The van der Waals surface area contributed by atoms with E-state index in [4.69, 9.17) is 15.3 Å². The van der Waals surface area contributed by atoms with E-state index in [9.17, 15) is 0 Å². The van der Waals surface area contributed by atoms with Crippen molar-refractivity contribution in [3.63, 3.8) is 0 Å². The molecule has 0 aliphatic carbocycles. The first-order chi connectivity index (χ1) is 9.27. The number of nitrogens with zero attached hydrogens (tertiary/aromatic N) is 2. The molecule has 6 heteroatoms. The fourth-order valence-corrected chi connectivity index (χ4v) is 2.82. The van der Waals surface area contributed by atoms with Crippen molar-refractivity contribution in [2.24, 2.45) is 5.84 Å². The molecule has 1 atom stereocenters. The minimum atomic E-state index is -0.321. The lowest BCUT2D eigenvalue weighted by Crippen LogP contribution is -2.51. The number of aromatic nitrogens is 2. The van der Waals surface area contributed by atoms with Gasteiger partial charge in [-0.05, 0) is 12.5 Å². The molecule has 1 aromatic rings. The number of ether oxygens (including phenoxy) is 2. The van der Waals surface area contributed by atoms with Crippen LogP contribution in [0.3, 0.4) is 0 Å². The Balaban J connectivity index is 2.28. The third-order valence-corrected chi connectivity index (χ3v) is 3.92. The molecule has 1 aliphatic rings. The molecule has 108 valence electrons. The van der Waals surface area contributed by atoms with E-state index >= 15 is 0 Å². The van der Waals surface area contributed by atoms with E-state index in [1.807, 2.05) is 16.9 Å². The SMILES string of the molecule is CCCn1nccc1C(NN)C1(OC)CCOCC1. The van der Waals surface area contributed by atoms with E-state index in [0.29, 0.717) is 13.2 Å². The number of aryl methyl sites for hydroxylation is 1. The molecular weight excluding hydrogens is 244 g/mol. The maximum absolute atomic E-state index is 5.83. The summed E-state index contributed by atoms with van der Waals surface area (Å²) < 4.78 is 13.3. The normalized spacial score (nSPS) is 20.4. The highest BCUT2D eigenvalue weighted by atomic mass is 16.5. The van der Waals surface area contributed by atoms with Crippen LogP contribution in [-0.4, -0.2) is 35.7 Å². The Kier molecular flexibility index (Phi) is 4.93. The Bertz CT molecular complexity index is 388. The summed E-state index contributed by atoms with van der Waals surface area (Å²) in [5, 5.41) is 4.37. The zero-order chi connectivity index (χ0) is 13.7. The zero-order valence-electron chi connectivity index (χ0n) is 11.8. The number of hydrogen-bond donors (Lipinski definition) is 2. The molecule has 1 fully saturated rings. The Morgan fingerprint density at radius 1 is 1.58 bits per heavy atom. The predicted octanol–water partition coefficient (Wildman–Crippen LogP) is 0.993.